The van der Waals surface area contributed by atoms with Gasteiger partial charge >= 0.3 is 0 Å². The van der Waals surface area contributed by atoms with Crippen LogP contribution in [0, 0.1) is 6.92 Å². The van der Waals surface area contributed by atoms with Crippen LogP contribution in [0.5, 0.6) is 0 Å². The Morgan fingerprint density at radius 1 is 1.12 bits per heavy atom. The Labute approximate surface area is 153 Å². The molecule has 0 N–H and O–H groups in total. The highest BCUT2D eigenvalue weighted by Crippen LogP contribution is 2.29. The molecular formula is C15H18BrN3O3S2. The van der Waals surface area contributed by atoms with E-state index in [0.29, 0.717) is 36.1 Å². The topological polar surface area (TPSA) is 62.6 Å². The van der Waals surface area contributed by atoms with E-state index in [1.165, 1.54) is 15.6 Å². The Morgan fingerprint density at radius 3 is 2.29 bits per heavy atom. The maximum atomic E-state index is 12.6. The number of carbonyl (C=O) groups excluding carboxylic acids is 1. The van der Waals surface area contributed by atoms with Crippen molar-refractivity contribution in [2.45, 2.75) is 11.1 Å². The van der Waals surface area contributed by atoms with Crippen LogP contribution in [0.1, 0.15) is 16.2 Å². The van der Waals surface area contributed by atoms with Crippen molar-refractivity contribution in [2.75, 3.05) is 26.2 Å². The molecule has 24 heavy (non-hydrogen) atoms. The smallest absolute Gasteiger partial charge is 0.270 e. The number of nitrogens with zero attached hydrogens (tertiary/aromatic N) is 3. The summed E-state index contributed by atoms with van der Waals surface area (Å²) in [5.74, 6) is -0.0542. The van der Waals surface area contributed by atoms with Crippen molar-refractivity contribution in [3.63, 3.8) is 0 Å². The minimum absolute atomic E-state index is 0.0542. The summed E-state index contributed by atoms with van der Waals surface area (Å²) in [6.07, 6.45) is 0. The molecule has 1 aliphatic rings. The van der Waals surface area contributed by atoms with Crippen molar-refractivity contribution in [3.05, 3.63) is 39.4 Å². The van der Waals surface area contributed by atoms with E-state index in [9.17, 15) is 13.2 Å². The van der Waals surface area contributed by atoms with Crippen LogP contribution in [-0.2, 0) is 17.1 Å². The standard InChI is InChI=1S/C15H18BrN3O3S2/c1-11-3-4-12(17(11)2)15(20)18-7-9-19(10-8-18)24(21,22)14-6-5-13(16)23-14/h3-6H,7-10H2,1-2H3. The number of halogens is 1. The SMILES string of the molecule is Cc1ccc(C(=O)N2CCN(S(=O)(=O)c3ccc(Br)s3)CC2)n1C. The fourth-order valence-corrected chi connectivity index (χ4v) is 6.27. The highest BCUT2D eigenvalue weighted by Gasteiger charge is 2.31. The first-order chi connectivity index (χ1) is 11.3. The maximum absolute atomic E-state index is 12.6. The molecule has 0 bridgehead atoms. The van der Waals surface area contributed by atoms with Gasteiger partial charge in [-0.05, 0) is 47.1 Å². The summed E-state index contributed by atoms with van der Waals surface area (Å²) in [5.41, 5.74) is 1.65. The minimum atomic E-state index is -3.48. The van der Waals surface area contributed by atoms with Crippen molar-refractivity contribution in [1.29, 1.82) is 0 Å². The number of rotatable bonds is 3. The summed E-state index contributed by atoms with van der Waals surface area (Å²) < 4.78 is 29.6. The molecule has 130 valence electrons. The number of aryl methyl sites for hydroxylation is 1. The van der Waals surface area contributed by atoms with E-state index in [1.54, 1.807) is 17.0 Å². The van der Waals surface area contributed by atoms with E-state index in [2.05, 4.69) is 15.9 Å². The summed E-state index contributed by atoms with van der Waals surface area (Å²) in [5, 5.41) is 0. The highest BCUT2D eigenvalue weighted by atomic mass is 79.9. The lowest BCUT2D eigenvalue weighted by Crippen LogP contribution is -2.50. The third kappa shape index (κ3) is 3.17. The van der Waals surface area contributed by atoms with Gasteiger partial charge in [0.25, 0.3) is 15.9 Å². The number of thiophene rings is 1. The molecular weight excluding hydrogens is 414 g/mol. The van der Waals surface area contributed by atoms with Crippen LogP contribution in [-0.4, -0.2) is 54.3 Å². The van der Waals surface area contributed by atoms with Gasteiger partial charge in [0.05, 0.1) is 3.79 Å². The van der Waals surface area contributed by atoms with Crippen LogP contribution in [0.3, 0.4) is 0 Å². The van der Waals surface area contributed by atoms with Crippen LogP contribution in [0.15, 0.2) is 32.3 Å². The lowest BCUT2D eigenvalue weighted by Gasteiger charge is -2.33. The predicted octanol–water partition coefficient (Wildman–Crippen LogP) is 2.30. The fraction of sp³-hybridized carbons (Fsp3) is 0.400. The summed E-state index contributed by atoms with van der Waals surface area (Å²) in [6, 6.07) is 7.05. The largest absolute Gasteiger partial charge is 0.344 e. The molecule has 3 heterocycles. The number of amides is 1. The Hall–Kier alpha value is -1.16. The van der Waals surface area contributed by atoms with Crippen molar-refractivity contribution in [3.8, 4) is 0 Å². The zero-order valence-corrected chi connectivity index (χ0v) is 16.6. The van der Waals surface area contributed by atoms with E-state index < -0.39 is 10.0 Å². The molecule has 1 amide bonds. The second kappa shape index (κ2) is 6.62. The van der Waals surface area contributed by atoms with Gasteiger partial charge in [-0.2, -0.15) is 4.31 Å². The van der Waals surface area contributed by atoms with Gasteiger partial charge in [-0.1, -0.05) is 0 Å². The van der Waals surface area contributed by atoms with Gasteiger partial charge in [0, 0.05) is 38.9 Å². The second-order valence-electron chi connectivity index (χ2n) is 5.67. The van der Waals surface area contributed by atoms with Crippen molar-refractivity contribution in [1.82, 2.24) is 13.8 Å². The fourth-order valence-electron chi connectivity index (χ4n) is 2.69. The molecule has 9 heteroatoms. The molecule has 0 atom stereocenters. The second-order valence-corrected chi connectivity index (χ2v) is 10.3. The Kier molecular flexibility index (Phi) is 4.87. The maximum Gasteiger partial charge on any atom is 0.270 e. The monoisotopic (exact) mass is 431 g/mol. The average molecular weight is 432 g/mol. The molecule has 0 spiro atoms. The Balaban J connectivity index is 1.70. The number of aromatic nitrogens is 1. The first-order valence-corrected chi connectivity index (χ1v) is 10.5. The van der Waals surface area contributed by atoms with Crippen LogP contribution in [0.2, 0.25) is 0 Å². The summed E-state index contributed by atoms with van der Waals surface area (Å²) in [6.45, 7) is 3.37. The zero-order valence-electron chi connectivity index (χ0n) is 13.4. The molecule has 0 radical (unpaired) electrons. The predicted molar refractivity (Wildman–Crippen MR) is 96.8 cm³/mol. The summed E-state index contributed by atoms with van der Waals surface area (Å²) in [7, 11) is -1.62. The molecule has 3 rings (SSSR count). The van der Waals surface area contributed by atoms with Crippen LogP contribution in [0.4, 0.5) is 0 Å². The van der Waals surface area contributed by atoms with Gasteiger partial charge in [0.15, 0.2) is 0 Å². The van der Waals surface area contributed by atoms with Gasteiger partial charge in [0.2, 0.25) is 0 Å². The van der Waals surface area contributed by atoms with Crippen molar-refractivity contribution < 1.29 is 13.2 Å². The van der Waals surface area contributed by atoms with Crippen molar-refractivity contribution in [2.24, 2.45) is 7.05 Å². The molecule has 0 saturated carbocycles. The number of sulfonamides is 1. The molecule has 1 saturated heterocycles. The Morgan fingerprint density at radius 2 is 1.79 bits per heavy atom. The van der Waals surface area contributed by atoms with Gasteiger partial charge in [-0.25, -0.2) is 8.42 Å². The lowest BCUT2D eigenvalue weighted by atomic mass is 10.3. The van der Waals surface area contributed by atoms with E-state index in [0.717, 1.165) is 9.48 Å². The molecule has 2 aromatic rings. The van der Waals surface area contributed by atoms with Crippen molar-refractivity contribution >= 4 is 43.2 Å². The highest BCUT2D eigenvalue weighted by molar-refractivity contribution is 9.11. The summed E-state index contributed by atoms with van der Waals surface area (Å²) >= 11 is 4.49. The molecule has 2 aromatic heterocycles. The first-order valence-electron chi connectivity index (χ1n) is 7.48. The number of hydrogen-bond acceptors (Lipinski definition) is 4. The minimum Gasteiger partial charge on any atom is -0.344 e. The average Bonchev–Trinajstić information content (AvgIpc) is 3.14. The zero-order chi connectivity index (χ0) is 17.5. The molecule has 1 aliphatic heterocycles. The van der Waals surface area contributed by atoms with E-state index >= 15 is 0 Å². The number of carbonyl (C=O) groups is 1. The molecule has 0 unspecified atom stereocenters. The molecule has 1 fully saturated rings. The van der Waals surface area contributed by atoms with Crippen LogP contribution >= 0.6 is 27.3 Å². The Bertz CT molecular complexity index is 864. The van der Waals surface area contributed by atoms with Crippen LogP contribution in [0.25, 0.3) is 0 Å². The molecule has 6 nitrogen and oxygen atoms in total. The van der Waals surface area contributed by atoms with E-state index in [1.807, 2.05) is 30.7 Å². The van der Waals surface area contributed by atoms with Gasteiger partial charge in [0.1, 0.15) is 9.90 Å². The first kappa shape index (κ1) is 17.7. The lowest BCUT2D eigenvalue weighted by molar-refractivity contribution is 0.0688. The van der Waals surface area contributed by atoms with Crippen LogP contribution < -0.4 is 0 Å². The third-order valence-electron chi connectivity index (χ3n) is 4.26. The van der Waals surface area contributed by atoms with Gasteiger partial charge in [-0.15, -0.1) is 11.3 Å². The van der Waals surface area contributed by atoms with Gasteiger partial charge < -0.3 is 9.47 Å². The number of piperazine rings is 1. The molecule has 0 aromatic carbocycles. The molecule has 0 aliphatic carbocycles. The quantitative estimate of drug-likeness (QED) is 0.748. The van der Waals surface area contributed by atoms with E-state index in [4.69, 9.17) is 0 Å². The van der Waals surface area contributed by atoms with E-state index in [-0.39, 0.29) is 5.91 Å². The summed E-state index contributed by atoms with van der Waals surface area (Å²) in [4.78, 5) is 14.3. The normalized spacial score (nSPS) is 16.5. The number of hydrogen-bond donors (Lipinski definition) is 0. The van der Waals surface area contributed by atoms with Gasteiger partial charge in [-0.3, -0.25) is 4.79 Å². The third-order valence-corrected chi connectivity index (χ3v) is 8.25.